The molecule has 0 aromatic heterocycles. The molecule has 23 heavy (non-hydrogen) atoms. The summed E-state index contributed by atoms with van der Waals surface area (Å²) in [7, 11) is 1.61. The molecule has 0 radical (unpaired) electrons. The second-order valence-corrected chi connectivity index (χ2v) is 5.97. The molecule has 2 amide bonds. The maximum atomic E-state index is 13.4. The Morgan fingerprint density at radius 1 is 1.26 bits per heavy atom. The Labute approximate surface area is 143 Å². The molecule has 0 aliphatic carbocycles. The van der Waals surface area contributed by atoms with E-state index in [0.717, 1.165) is 15.8 Å². The molecule has 2 rings (SSSR count). The van der Waals surface area contributed by atoms with Gasteiger partial charge in [0.05, 0.1) is 7.11 Å². The van der Waals surface area contributed by atoms with Crippen molar-refractivity contribution in [2.24, 2.45) is 0 Å². The van der Waals surface area contributed by atoms with Crippen LogP contribution >= 0.6 is 15.9 Å². The summed E-state index contributed by atoms with van der Waals surface area (Å²) in [6.07, 6.45) is 0.623. The fraction of sp³-hybridized carbons (Fsp3) is 0.235. The highest BCUT2D eigenvalue weighted by Gasteiger charge is 2.06. The normalized spacial score (nSPS) is 10.3. The molecule has 0 atom stereocenters. The Bertz CT molecular complexity index is 707. The van der Waals surface area contributed by atoms with Crippen LogP contribution in [-0.4, -0.2) is 19.7 Å². The lowest BCUT2D eigenvalue weighted by Gasteiger charge is -2.11. The lowest BCUT2D eigenvalue weighted by atomic mass is 10.1. The lowest BCUT2D eigenvalue weighted by Crippen LogP contribution is -2.30. The number of anilines is 1. The molecule has 0 spiro atoms. The van der Waals surface area contributed by atoms with Crippen molar-refractivity contribution in [3.05, 3.63) is 57.8 Å². The highest BCUT2D eigenvalue weighted by atomic mass is 79.9. The first-order valence-electron chi connectivity index (χ1n) is 7.13. The van der Waals surface area contributed by atoms with Crippen molar-refractivity contribution >= 4 is 27.6 Å². The Morgan fingerprint density at radius 2 is 2.04 bits per heavy atom. The fourth-order valence-electron chi connectivity index (χ4n) is 2.10. The zero-order chi connectivity index (χ0) is 16.8. The van der Waals surface area contributed by atoms with Crippen LogP contribution in [0.3, 0.4) is 0 Å². The van der Waals surface area contributed by atoms with E-state index in [1.807, 2.05) is 18.2 Å². The monoisotopic (exact) mass is 380 g/mol. The second-order valence-electron chi connectivity index (χ2n) is 5.05. The van der Waals surface area contributed by atoms with Crippen LogP contribution in [0.2, 0.25) is 0 Å². The van der Waals surface area contributed by atoms with Gasteiger partial charge in [-0.1, -0.05) is 22.0 Å². The topological polar surface area (TPSA) is 50.4 Å². The molecule has 2 aromatic carbocycles. The first-order chi connectivity index (χ1) is 11.0. The molecule has 2 aromatic rings. The van der Waals surface area contributed by atoms with Crippen molar-refractivity contribution < 1.29 is 13.9 Å². The minimum atomic E-state index is -0.373. The number of rotatable bonds is 5. The van der Waals surface area contributed by atoms with Gasteiger partial charge in [-0.2, -0.15) is 0 Å². The number of hydrogen-bond acceptors (Lipinski definition) is 2. The highest BCUT2D eigenvalue weighted by Crippen LogP contribution is 2.23. The van der Waals surface area contributed by atoms with Gasteiger partial charge in [0.25, 0.3) is 0 Å². The molecule has 0 fully saturated rings. The summed E-state index contributed by atoms with van der Waals surface area (Å²) in [5.74, 6) is 0.428. The van der Waals surface area contributed by atoms with E-state index < -0.39 is 0 Å². The predicted molar refractivity (Wildman–Crippen MR) is 92.6 cm³/mol. The number of carbonyl (C=O) groups is 1. The van der Waals surface area contributed by atoms with E-state index >= 15 is 0 Å². The molecule has 0 unspecified atom stereocenters. The van der Waals surface area contributed by atoms with Gasteiger partial charge in [0.1, 0.15) is 11.6 Å². The van der Waals surface area contributed by atoms with Crippen LogP contribution < -0.4 is 15.4 Å². The molecule has 0 saturated carbocycles. The van der Waals surface area contributed by atoms with E-state index in [0.29, 0.717) is 24.2 Å². The van der Waals surface area contributed by atoms with Gasteiger partial charge in [0.2, 0.25) is 0 Å². The van der Waals surface area contributed by atoms with E-state index in [4.69, 9.17) is 4.74 Å². The molecule has 122 valence electrons. The average molecular weight is 381 g/mol. The highest BCUT2D eigenvalue weighted by molar-refractivity contribution is 9.10. The first-order valence-corrected chi connectivity index (χ1v) is 7.92. The molecule has 0 aliphatic rings. The van der Waals surface area contributed by atoms with Crippen LogP contribution in [0.25, 0.3) is 0 Å². The smallest absolute Gasteiger partial charge is 0.319 e. The quantitative estimate of drug-likeness (QED) is 0.813. The summed E-state index contributed by atoms with van der Waals surface area (Å²) in [6, 6.07) is 9.93. The van der Waals surface area contributed by atoms with Crippen LogP contribution in [0.5, 0.6) is 5.75 Å². The molecule has 6 heteroatoms. The van der Waals surface area contributed by atoms with Gasteiger partial charge in [-0.05, 0) is 54.8 Å². The fourth-order valence-corrected chi connectivity index (χ4v) is 2.51. The molecule has 0 saturated heterocycles. The van der Waals surface area contributed by atoms with Crippen molar-refractivity contribution in [2.45, 2.75) is 13.3 Å². The third-order valence-corrected chi connectivity index (χ3v) is 3.85. The number of ether oxygens (including phenoxy) is 1. The summed E-state index contributed by atoms with van der Waals surface area (Å²) in [4.78, 5) is 11.8. The Morgan fingerprint density at radius 3 is 2.74 bits per heavy atom. The summed E-state index contributed by atoms with van der Waals surface area (Å²) in [6.45, 7) is 2.11. The third-order valence-electron chi connectivity index (χ3n) is 3.35. The number of urea groups is 1. The Kier molecular flexibility index (Phi) is 5.98. The number of halogens is 2. The molecular formula is C17H18BrFN2O2. The van der Waals surface area contributed by atoms with Crippen LogP contribution in [0.4, 0.5) is 14.9 Å². The van der Waals surface area contributed by atoms with E-state index in [2.05, 4.69) is 26.6 Å². The molecule has 0 heterocycles. The van der Waals surface area contributed by atoms with Crippen molar-refractivity contribution in [2.75, 3.05) is 19.0 Å². The predicted octanol–water partition coefficient (Wildman–Crippen LogP) is 4.27. The third kappa shape index (κ3) is 4.96. The molecule has 2 N–H and O–H groups in total. The second kappa shape index (κ2) is 7.97. The molecule has 4 nitrogen and oxygen atoms in total. The SMILES string of the molecule is COc1ccc(Br)cc1CCNC(=O)Nc1ccc(C)c(F)c1. The van der Waals surface area contributed by atoms with Gasteiger partial charge in [0, 0.05) is 16.7 Å². The number of aryl methyl sites for hydroxylation is 1. The largest absolute Gasteiger partial charge is 0.496 e. The number of carbonyl (C=O) groups excluding carboxylic acids is 1. The van der Waals surface area contributed by atoms with Gasteiger partial charge in [0.15, 0.2) is 0 Å². The maximum absolute atomic E-state index is 13.4. The van der Waals surface area contributed by atoms with Crippen LogP contribution in [0.15, 0.2) is 40.9 Å². The number of benzene rings is 2. The standard InChI is InChI=1S/C17H18BrFN2O2/c1-11-3-5-14(10-15(11)19)21-17(22)20-8-7-12-9-13(18)4-6-16(12)23-2/h3-6,9-10H,7-8H2,1-2H3,(H2,20,21,22). The minimum absolute atomic E-state index is 0.346. The van der Waals surface area contributed by atoms with Gasteiger partial charge in [-0.15, -0.1) is 0 Å². The number of methoxy groups -OCH3 is 1. The van der Waals surface area contributed by atoms with Gasteiger partial charge < -0.3 is 15.4 Å². The molecule has 0 aliphatic heterocycles. The van der Waals surface area contributed by atoms with Gasteiger partial charge in [-0.3, -0.25) is 0 Å². The van der Waals surface area contributed by atoms with E-state index in [9.17, 15) is 9.18 Å². The molecular weight excluding hydrogens is 363 g/mol. The Balaban J connectivity index is 1.87. The summed E-state index contributed by atoms with van der Waals surface area (Å²) < 4.78 is 19.7. The number of amides is 2. The maximum Gasteiger partial charge on any atom is 0.319 e. The van der Waals surface area contributed by atoms with Crippen molar-refractivity contribution in [1.82, 2.24) is 5.32 Å². The summed E-state index contributed by atoms with van der Waals surface area (Å²) in [5.41, 5.74) is 1.95. The van der Waals surface area contributed by atoms with Crippen LogP contribution in [0, 0.1) is 12.7 Å². The zero-order valence-corrected chi connectivity index (χ0v) is 14.5. The van der Waals surface area contributed by atoms with E-state index in [1.165, 1.54) is 6.07 Å². The molecule has 0 bridgehead atoms. The average Bonchev–Trinajstić information content (AvgIpc) is 2.51. The first kappa shape index (κ1) is 17.3. The van der Waals surface area contributed by atoms with Crippen molar-refractivity contribution in [3.8, 4) is 5.75 Å². The minimum Gasteiger partial charge on any atom is -0.496 e. The van der Waals surface area contributed by atoms with Crippen molar-refractivity contribution in [1.29, 1.82) is 0 Å². The van der Waals surface area contributed by atoms with Crippen LogP contribution in [-0.2, 0) is 6.42 Å². The Hall–Kier alpha value is -2.08. The summed E-state index contributed by atoms with van der Waals surface area (Å²) >= 11 is 3.41. The number of nitrogens with one attached hydrogen (secondary N) is 2. The van der Waals surface area contributed by atoms with Gasteiger partial charge >= 0.3 is 6.03 Å². The van der Waals surface area contributed by atoms with Crippen LogP contribution in [0.1, 0.15) is 11.1 Å². The van der Waals surface area contributed by atoms with E-state index in [1.54, 1.807) is 26.2 Å². The summed E-state index contributed by atoms with van der Waals surface area (Å²) in [5, 5.41) is 5.35. The van der Waals surface area contributed by atoms with E-state index in [-0.39, 0.29) is 11.8 Å². The van der Waals surface area contributed by atoms with Crippen molar-refractivity contribution in [3.63, 3.8) is 0 Å². The van der Waals surface area contributed by atoms with Gasteiger partial charge in [-0.25, -0.2) is 9.18 Å². The lowest BCUT2D eigenvalue weighted by molar-refractivity contribution is 0.252. The number of hydrogen-bond donors (Lipinski definition) is 2. The zero-order valence-electron chi connectivity index (χ0n) is 13.0.